The summed E-state index contributed by atoms with van der Waals surface area (Å²) >= 11 is 0. The van der Waals surface area contributed by atoms with Crippen LogP contribution in [-0.4, -0.2) is 30.4 Å². The van der Waals surface area contributed by atoms with Gasteiger partial charge in [0.25, 0.3) is 5.91 Å². The second-order valence-corrected chi connectivity index (χ2v) is 6.18. The number of hydrogen-bond acceptors (Lipinski definition) is 4. The lowest BCUT2D eigenvalue weighted by molar-refractivity contribution is -0.123. The molecule has 0 aromatic heterocycles. The third-order valence-electron chi connectivity index (χ3n) is 4.27. The van der Waals surface area contributed by atoms with Crippen molar-refractivity contribution in [3.05, 3.63) is 59.9 Å². The predicted octanol–water partition coefficient (Wildman–Crippen LogP) is 3.14. The van der Waals surface area contributed by atoms with Gasteiger partial charge in [-0.1, -0.05) is 24.3 Å². The summed E-state index contributed by atoms with van der Waals surface area (Å²) < 4.78 is 18.9. The third-order valence-corrected chi connectivity index (χ3v) is 4.27. The molecule has 1 aliphatic rings. The lowest BCUT2D eigenvalue weighted by Crippen LogP contribution is -2.31. The van der Waals surface area contributed by atoms with Gasteiger partial charge in [-0.2, -0.15) is 0 Å². The van der Waals surface area contributed by atoms with Crippen LogP contribution >= 0.6 is 0 Å². The first-order chi connectivity index (χ1) is 13.0. The Morgan fingerprint density at radius 1 is 1.15 bits per heavy atom. The van der Waals surface area contributed by atoms with Gasteiger partial charge in [-0.15, -0.1) is 0 Å². The van der Waals surface area contributed by atoms with Crippen LogP contribution in [-0.2, 0) is 14.3 Å². The van der Waals surface area contributed by atoms with Crippen molar-refractivity contribution in [1.82, 2.24) is 0 Å². The number of esters is 1. The molecule has 1 aliphatic heterocycles. The van der Waals surface area contributed by atoms with Crippen LogP contribution in [0.1, 0.15) is 30.1 Å². The summed E-state index contributed by atoms with van der Waals surface area (Å²) in [5.41, 5.74) is 0.679. The summed E-state index contributed by atoms with van der Waals surface area (Å²) in [6.07, 6.45) is 0.0218. The fraction of sp³-hybridized carbons (Fsp3) is 0.250. The van der Waals surface area contributed by atoms with Crippen LogP contribution < -0.4 is 10.2 Å². The molecule has 2 amide bonds. The lowest BCUT2D eigenvalue weighted by atomic mass is 10.1. The molecule has 0 bridgehead atoms. The molecule has 7 heteroatoms. The summed E-state index contributed by atoms with van der Waals surface area (Å²) in [5, 5.41) is 2.39. The Kier molecular flexibility index (Phi) is 5.49. The average molecular weight is 370 g/mol. The van der Waals surface area contributed by atoms with E-state index in [0.29, 0.717) is 18.7 Å². The maximum absolute atomic E-state index is 13.6. The zero-order chi connectivity index (χ0) is 19.4. The lowest BCUT2D eigenvalue weighted by Gasteiger charge is -2.20. The van der Waals surface area contributed by atoms with Gasteiger partial charge in [-0.3, -0.25) is 9.59 Å². The quantitative estimate of drug-likeness (QED) is 0.821. The van der Waals surface area contributed by atoms with Gasteiger partial charge in [-0.05, 0) is 37.6 Å². The molecule has 1 heterocycles. The molecule has 2 aromatic carbocycles. The van der Waals surface area contributed by atoms with Crippen LogP contribution in [0.3, 0.4) is 0 Å². The summed E-state index contributed by atoms with van der Waals surface area (Å²) in [7, 11) is 0. The highest BCUT2D eigenvalue weighted by Gasteiger charge is 2.27. The van der Waals surface area contributed by atoms with E-state index in [1.807, 2.05) is 0 Å². The van der Waals surface area contributed by atoms with Crippen LogP contribution in [0.2, 0.25) is 0 Å². The molecule has 0 unspecified atom stereocenters. The minimum Gasteiger partial charge on any atom is -0.449 e. The van der Waals surface area contributed by atoms with Gasteiger partial charge in [0.15, 0.2) is 6.10 Å². The van der Waals surface area contributed by atoms with Crippen molar-refractivity contribution >= 4 is 29.2 Å². The van der Waals surface area contributed by atoms with E-state index >= 15 is 0 Å². The Hall–Kier alpha value is -3.22. The molecule has 1 fully saturated rings. The molecule has 0 radical (unpaired) electrons. The Morgan fingerprint density at radius 3 is 2.56 bits per heavy atom. The summed E-state index contributed by atoms with van der Waals surface area (Å²) in [4.78, 5) is 38.3. The minimum atomic E-state index is -1.14. The van der Waals surface area contributed by atoms with E-state index in [0.717, 1.165) is 6.42 Å². The van der Waals surface area contributed by atoms with Crippen molar-refractivity contribution in [3.63, 3.8) is 0 Å². The number of rotatable bonds is 5. The molecule has 1 atom stereocenters. The zero-order valence-corrected chi connectivity index (χ0v) is 14.8. The molecular weight excluding hydrogens is 351 g/mol. The maximum atomic E-state index is 13.6. The Balaban J connectivity index is 1.71. The number of ether oxygens (including phenoxy) is 1. The molecule has 2 aromatic rings. The first-order valence-corrected chi connectivity index (χ1v) is 8.63. The highest BCUT2D eigenvalue weighted by molar-refractivity contribution is 6.04. The number of para-hydroxylation sites is 2. The Labute approximate surface area is 155 Å². The Morgan fingerprint density at radius 2 is 1.85 bits per heavy atom. The third kappa shape index (κ3) is 4.13. The van der Waals surface area contributed by atoms with Crippen LogP contribution in [0.25, 0.3) is 0 Å². The standard InChI is InChI=1S/C20H19FN2O4/c1-13(19(25)22-16-9-4-3-8-15(16)21)27-20(26)14-7-2-5-10-17(14)23-12-6-11-18(23)24/h2-5,7-10,13H,6,11-12H2,1H3,(H,22,25)/t13-/m0/s1. The van der Waals surface area contributed by atoms with Crippen molar-refractivity contribution in [2.24, 2.45) is 0 Å². The number of halogens is 1. The van der Waals surface area contributed by atoms with Crippen LogP contribution in [0, 0.1) is 5.82 Å². The zero-order valence-electron chi connectivity index (χ0n) is 14.8. The van der Waals surface area contributed by atoms with Gasteiger partial charge in [-0.25, -0.2) is 9.18 Å². The number of nitrogens with one attached hydrogen (secondary N) is 1. The first kappa shape index (κ1) is 18.6. The van der Waals surface area contributed by atoms with Crippen molar-refractivity contribution < 1.29 is 23.5 Å². The molecule has 140 valence electrons. The van der Waals surface area contributed by atoms with Gasteiger partial charge in [0, 0.05) is 13.0 Å². The van der Waals surface area contributed by atoms with Gasteiger partial charge in [0.2, 0.25) is 5.91 Å². The van der Waals surface area contributed by atoms with Gasteiger partial charge >= 0.3 is 5.97 Å². The molecule has 0 aliphatic carbocycles. The summed E-state index contributed by atoms with van der Waals surface area (Å²) in [6, 6.07) is 12.3. The normalized spacial score (nSPS) is 14.7. The highest BCUT2D eigenvalue weighted by atomic mass is 19.1. The number of hydrogen-bond donors (Lipinski definition) is 1. The molecule has 1 saturated heterocycles. The van der Waals surface area contributed by atoms with E-state index in [2.05, 4.69) is 5.32 Å². The van der Waals surface area contributed by atoms with E-state index in [9.17, 15) is 18.8 Å². The smallest absolute Gasteiger partial charge is 0.341 e. The van der Waals surface area contributed by atoms with Crippen LogP contribution in [0.4, 0.5) is 15.8 Å². The summed E-state index contributed by atoms with van der Waals surface area (Å²) in [6.45, 7) is 1.93. The number of amides is 2. The van der Waals surface area contributed by atoms with E-state index in [1.165, 1.54) is 25.1 Å². The number of anilines is 2. The van der Waals surface area contributed by atoms with Gasteiger partial charge in [0.05, 0.1) is 16.9 Å². The maximum Gasteiger partial charge on any atom is 0.341 e. The van der Waals surface area contributed by atoms with Crippen LogP contribution in [0.5, 0.6) is 0 Å². The molecule has 3 rings (SSSR count). The molecular formula is C20H19FN2O4. The number of nitrogens with zero attached hydrogens (tertiary/aromatic N) is 1. The predicted molar refractivity (Wildman–Crippen MR) is 97.9 cm³/mol. The van der Waals surface area contributed by atoms with Crippen molar-refractivity contribution in [2.45, 2.75) is 25.9 Å². The molecule has 0 spiro atoms. The number of carbonyl (C=O) groups excluding carboxylic acids is 3. The highest BCUT2D eigenvalue weighted by Crippen LogP contribution is 2.26. The minimum absolute atomic E-state index is 0.00784. The monoisotopic (exact) mass is 370 g/mol. The Bertz CT molecular complexity index is 884. The number of carbonyl (C=O) groups is 3. The van der Waals surface area contributed by atoms with Crippen LogP contribution in [0.15, 0.2) is 48.5 Å². The van der Waals surface area contributed by atoms with Crippen molar-refractivity contribution in [2.75, 3.05) is 16.8 Å². The number of benzene rings is 2. The van der Waals surface area contributed by atoms with E-state index in [-0.39, 0.29) is 17.2 Å². The van der Waals surface area contributed by atoms with Gasteiger partial charge < -0.3 is 15.0 Å². The van der Waals surface area contributed by atoms with Crippen molar-refractivity contribution in [3.8, 4) is 0 Å². The topological polar surface area (TPSA) is 75.7 Å². The molecule has 0 saturated carbocycles. The summed E-state index contributed by atoms with van der Waals surface area (Å²) in [5.74, 6) is -2.01. The molecule has 1 N–H and O–H groups in total. The fourth-order valence-electron chi connectivity index (χ4n) is 2.86. The average Bonchev–Trinajstić information content (AvgIpc) is 3.09. The van der Waals surface area contributed by atoms with Crippen molar-refractivity contribution in [1.29, 1.82) is 0 Å². The molecule has 27 heavy (non-hydrogen) atoms. The van der Waals surface area contributed by atoms with Gasteiger partial charge in [0.1, 0.15) is 5.82 Å². The molecule has 6 nitrogen and oxygen atoms in total. The van der Waals surface area contributed by atoms with E-state index in [1.54, 1.807) is 35.2 Å². The second kappa shape index (κ2) is 7.99. The largest absolute Gasteiger partial charge is 0.449 e. The fourth-order valence-corrected chi connectivity index (χ4v) is 2.86. The second-order valence-electron chi connectivity index (χ2n) is 6.18. The van der Waals surface area contributed by atoms with E-state index in [4.69, 9.17) is 4.74 Å². The SMILES string of the molecule is C[C@H](OC(=O)c1ccccc1N1CCCC1=O)C(=O)Nc1ccccc1F. The van der Waals surface area contributed by atoms with E-state index < -0.39 is 23.8 Å². The first-order valence-electron chi connectivity index (χ1n) is 8.63.